The van der Waals surface area contributed by atoms with E-state index in [9.17, 15) is 4.39 Å². The first-order chi connectivity index (χ1) is 8.58. The lowest BCUT2D eigenvalue weighted by Crippen LogP contribution is -2.28. The second-order valence-corrected chi connectivity index (χ2v) is 5.87. The van der Waals surface area contributed by atoms with E-state index >= 15 is 0 Å². The van der Waals surface area contributed by atoms with E-state index in [2.05, 4.69) is 35.1 Å². The topological polar surface area (TPSA) is 12.0 Å². The van der Waals surface area contributed by atoms with Crippen molar-refractivity contribution in [3.8, 4) is 0 Å². The first-order valence-corrected chi connectivity index (χ1v) is 7.60. The molecule has 1 nitrogen and oxygen atoms in total. The molecule has 0 aromatic heterocycles. The summed E-state index contributed by atoms with van der Waals surface area (Å²) in [6, 6.07) is 4.74. The third-order valence-electron chi connectivity index (χ3n) is 3.23. The summed E-state index contributed by atoms with van der Waals surface area (Å²) in [4.78, 5) is 0. The minimum Gasteiger partial charge on any atom is -0.311 e. The Kier molecular flexibility index (Phi) is 7.20. The summed E-state index contributed by atoms with van der Waals surface area (Å²) in [5.74, 6) is 0.328. The predicted octanol–water partition coefficient (Wildman–Crippen LogP) is 4.72. The highest BCUT2D eigenvalue weighted by Gasteiger charge is 2.15. The maximum absolute atomic E-state index is 12.9. The van der Waals surface area contributed by atoms with Crippen molar-refractivity contribution >= 4 is 27.5 Å². The molecular formula is C14H20BrClFN. The third-order valence-corrected chi connectivity index (χ3v) is 4.48. The lowest BCUT2D eigenvalue weighted by molar-refractivity contribution is 0.446. The summed E-state index contributed by atoms with van der Waals surface area (Å²) >= 11 is 9.70. The van der Waals surface area contributed by atoms with E-state index in [4.69, 9.17) is 11.6 Å². The molecule has 0 radical (unpaired) electrons. The quantitative estimate of drug-likeness (QED) is 0.710. The Balaban J connectivity index is 2.41. The van der Waals surface area contributed by atoms with Gasteiger partial charge in [-0.05, 0) is 23.6 Å². The summed E-state index contributed by atoms with van der Waals surface area (Å²) in [6.07, 6.45) is 2.21. The van der Waals surface area contributed by atoms with Crippen molar-refractivity contribution < 1.29 is 4.39 Å². The Morgan fingerprint density at radius 2 is 2.00 bits per heavy atom. The van der Waals surface area contributed by atoms with E-state index in [1.165, 1.54) is 12.1 Å². The van der Waals surface area contributed by atoms with Gasteiger partial charge >= 0.3 is 0 Å². The molecule has 1 aromatic rings. The van der Waals surface area contributed by atoms with Crippen LogP contribution in [0.25, 0.3) is 0 Å². The molecule has 102 valence electrons. The van der Waals surface area contributed by atoms with E-state index < -0.39 is 0 Å². The van der Waals surface area contributed by atoms with Crippen molar-refractivity contribution in [2.45, 2.75) is 38.6 Å². The maximum atomic E-state index is 12.9. The van der Waals surface area contributed by atoms with Gasteiger partial charge in [0.25, 0.3) is 0 Å². The van der Waals surface area contributed by atoms with Gasteiger partial charge in [0.1, 0.15) is 5.82 Å². The lowest BCUT2D eigenvalue weighted by atomic mass is 9.99. The van der Waals surface area contributed by atoms with Gasteiger partial charge in [-0.15, -0.1) is 11.6 Å². The molecule has 0 amide bonds. The van der Waals surface area contributed by atoms with Gasteiger partial charge in [-0.25, -0.2) is 4.39 Å². The molecule has 18 heavy (non-hydrogen) atoms. The molecule has 1 atom stereocenters. The van der Waals surface area contributed by atoms with Crippen LogP contribution in [0.5, 0.6) is 0 Å². The molecule has 0 aliphatic heterocycles. The Hall–Kier alpha value is -0.120. The van der Waals surface area contributed by atoms with Crippen LogP contribution in [0, 0.1) is 11.7 Å². The molecule has 1 unspecified atom stereocenters. The number of hydrogen-bond donors (Lipinski definition) is 1. The first-order valence-electron chi connectivity index (χ1n) is 6.37. The van der Waals surface area contributed by atoms with Gasteiger partial charge in [-0.2, -0.15) is 0 Å². The summed E-state index contributed by atoms with van der Waals surface area (Å²) in [7, 11) is 0. The normalized spacial score (nSPS) is 13.0. The van der Waals surface area contributed by atoms with Crippen LogP contribution < -0.4 is 5.32 Å². The van der Waals surface area contributed by atoms with Crippen LogP contribution >= 0.6 is 27.5 Å². The highest BCUT2D eigenvalue weighted by molar-refractivity contribution is 9.10. The van der Waals surface area contributed by atoms with Crippen molar-refractivity contribution in [3.05, 3.63) is 34.1 Å². The molecule has 0 spiro atoms. The van der Waals surface area contributed by atoms with Gasteiger partial charge in [-0.1, -0.05) is 48.7 Å². The average Bonchev–Trinajstić information content (AvgIpc) is 2.33. The average molecular weight is 337 g/mol. The molecule has 0 aliphatic rings. The largest absolute Gasteiger partial charge is 0.311 e. The number of alkyl halides is 1. The fourth-order valence-electron chi connectivity index (χ4n) is 1.98. The van der Waals surface area contributed by atoms with Crippen LogP contribution in [0.1, 0.15) is 32.3 Å². The van der Waals surface area contributed by atoms with Crippen LogP contribution in [0.4, 0.5) is 4.39 Å². The van der Waals surface area contributed by atoms with Crippen molar-refractivity contribution in [1.82, 2.24) is 5.32 Å². The van der Waals surface area contributed by atoms with Crippen LogP contribution in [0.3, 0.4) is 0 Å². The Morgan fingerprint density at radius 3 is 2.56 bits per heavy atom. The zero-order valence-electron chi connectivity index (χ0n) is 10.8. The number of rotatable bonds is 7. The molecule has 0 fully saturated rings. The van der Waals surface area contributed by atoms with Crippen LogP contribution in [-0.4, -0.2) is 11.9 Å². The molecule has 1 rings (SSSR count). The first kappa shape index (κ1) is 15.9. The second kappa shape index (κ2) is 8.13. The summed E-state index contributed by atoms with van der Waals surface area (Å²) in [6.45, 7) is 5.81. The molecule has 0 saturated carbocycles. The molecule has 1 aromatic carbocycles. The van der Waals surface area contributed by atoms with Crippen molar-refractivity contribution in [2.24, 2.45) is 5.92 Å². The minimum atomic E-state index is -0.224. The van der Waals surface area contributed by atoms with Crippen molar-refractivity contribution in [1.29, 1.82) is 0 Å². The van der Waals surface area contributed by atoms with E-state index in [0.29, 0.717) is 12.5 Å². The lowest BCUT2D eigenvalue weighted by Gasteiger charge is -2.19. The Morgan fingerprint density at radius 1 is 1.33 bits per heavy atom. The van der Waals surface area contributed by atoms with E-state index in [1.54, 1.807) is 6.07 Å². The van der Waals surface area contributed by atoms with Crippen LogP contribution in [0.2, 0.25) is 0 Å². The van der Waals surface area contributed by atoms with Gasteiger partial charge < -0.3 is 5.32 Å². The van der Waals surface area contributed by atoms with E-state index in [-0.39, 0.29) is 11.2 Å². The number of benzene rings is 1. The third kappa shape index (κ3) is 4.87. The second-order valence-electron chi connectivity index (χ2n) is 4.46. The highest BCUT2D eigenvalue weighted by atomic mass is 79.9. The number of nitrogens with one attached hydrogen (secondary N) is 1. The van der Waals surface area contributed by atoms with Crippen molar-refractivity contribution in [3.63, 3.8) is 0 Å². The van der Waals surface area contributed by atoms with Gasteiger partial charge in [0, 0.05) is 22.9 Å². The van der Waals surface area contributed by atoms with Gasteiger partial charge in [-0.3, -0.25) is 0 Å². The summed E-state index contributed by atoms with van der Waals surface area (Å²) in [5.41, 5.74) is 1.05. The summed E-state index contributed by atoms with van der Waals surface area (Å²) in [5, 5.41) is 3.48. The molecule has 0 saturated heterocycles. The molecule has 4 heteroatoms. The minimum absolute atomic E-state index is 0.152. The summed E-state index contributed by atoms with van der Waals surface area (Å²) < 4.78 is 13.7. The van der Waals surface area contributed by atoms with Crippen LogP contribution in [0.15, 0.2) is 22.7 Å². The highest BCUT2D eigenvalue weighted by Crippen LogP contribution is 2.19. The maximum Gasteiger partial charge on any atom is 0.124 e. The standard InChI is InChI=1S/C14H20BrClFN/c1-3-10(4-2)14(16)9-18-8-11-5-6-12(17)7-13(11)15/h5-7,10,14,18H,3-4,8-9H2,1-2H3. The molecular weight excluding hydrogens is 317 g/mol. The molecule has 0 aliphatic carbocycles. The zero-order chi connectivity index (χ0) is 13.5. The molecule has 0 heterocycles. The van der Waals surface area contributed by atoms with Crippen LogP contribution in [-0.2, 0) is 6.54 Å². The Labute approximate surface area is 122 Å². The van der Waals surface area contributed by atoms with Crippen molar-refractivity contribution in [2.75, 3.05) is 6.54 Å². The predicted molar refractivity (Wildman–Crippen MR) is 79.5 cm³/mol. The number of halogens is 3. The fraction of sp³-hybridized carbons (Fsp3) is 0.571. The Bertz CT molecular complexity index is 369. The van der Waals surface area contributed by atoms with E-state index in [1.807, 2.05) is 0 Å². The fourth-order valence-corrected chi connectivity index (χ4v) is 2.93. The SMILES string of the molecule is CCC(CC)C(Cl)CNCc1ccc(F)cc1Br. The molecule has 1 N–H and O–H groups in total. The van der Waals surface area contributed by atoms with Gasteiger partial charge in [0.2, 0.25) is 0 Å². The monoisotopic (exact) mass is 335 g/mol. The molecule has 0 bridgehead atoms. The number of hydrogen-bond acceptors (Lipinski definition) is 1. The zero-order valence-corrected chi connectivity index (χ0v) is 13.2. The van der Waals surface area contributed by atoms with Gasteiger partial charge in [0.15, 0.2) is 0 Å². The van der Waals surface area contributed by atoms with E-state index in [0.717, 1.165) is 29.4 Å². The van der Waals surface area contributed by atoms with Gasteiger partial charge in [0.05, 0.1) is 0 Å². The smallest absolute Gasteiger partial charge is 0.124 e.